The molecule has 2 atom stereocenters. The number of carboxylic acids is 3. The summed E-state index contributed by atoms with van der Waals surface area (Å²) >= 11 is 0. The number of nitrogens with two attached hydrogens (primary N) is 1. The number of halogens is 12. The lowest BCUT2D eigenvalue weighted by Gasteiger charge is -2.30. The van der Waals surface area contributed by atoms with Gasteiger partial charge in [-0.1, -0.05) is 0 Å². The Balaban J connectivity index is 0.000000396. The van der Waals surface area contributed by atoms with Crippen LogP contribution in [0.3, 0.4) is 0 Å². The maximum atomic E-state index is 14.1. The van der Waals surface area contributed by atoms with Crippen LogP contribution >= 0.6 is 0 Å². The van der Waals surface area contributed by atoms with E-state index in [0.717, 1.165) is 28.6 Å². The molecule has 4 rings (SSSR count). The zero-order chi connectivity index (χ0) is 35.2. The maximum absolute atomic E-state index is 14.1. The highest BCUT2D eigenvalue weighted by Gasteiger charge is 2.39. The number of nitrogens with zero attached hydrogens (tertiary/aromatic N) is 3. The molecule has 1 aliphatic heterocycles. The smallest absolute Gasteiger partial charge is 0.475 e. The van der Waals surface area contributed by atoms with E-state index in [1.54, 1.807) is 6.20 Å². The fourth-order valence-electron chi connectivity index (χ4n) is 3.39. The van der Waals surface area contributed by atoms with Gasteiger partial charge in [0.05, 0.1) is 11.7 Å². The number of alkyl halides is 9. The van der Waals surface area contributed by atoms with Crippen molar-refractivity contribution in [1.82, 2.24) is 14.5 Å². The molecule has 10 nitrogen and oxygen atoms in total. The number of pyridine rings is 1. The van der Waals surface area contributed by atoms with E-state index in [-0.39, 0.29) is 5.56 Å². The summed E-state index contributed by atoms with van der Waals surface area (Å²) in [6.07, 6.45) is -13.2. The van der Waals surface area contributed by atoms with Crippen LogP contribution in [0, 0.1) is 24.4 Å². The molecule has 22 heteroatoms. The fraction of sp³-hybridized carbons (Fsp3) is 0.348. The number of aliphatic carboxylic acids is 3. The van der Waals surface area contributed by atoms with E-state index >= 15 is 0 Å². The first-order valence-electron chi connectivity index (χ1n) is 11.4. The Hall–Kier alpha value is -4.63. The molecule has 0 spiro atoms. The van der Waals surface area contributed by atoms with Crippen molar-refractivity contribution in [2.24, 2.45) is 5.73 Å². The molecule has 3 heterocycles. The molecule has 45 heavy (non-hydrogen) atoms. The van der Waals surface area contributed by atoms with Crippen LogP contribution < -0.4 is 5.73 Å². The minimum atomic E-state index is -5.08. The van der Waals surface area contributed by atoms with E-state index in [4.69, 9.17) is 35.4 Å². The van der Waals surface area contributed by atoms with Crippen LogP contribution in [0.4, 0.5) is 52.7 Å². The quantitative estimate of drug-likeness (QED) is 0.211. The average Bonchev–Trinajstić information content (AvgIpc) is 3.22. The Morgan fingerprint density at radius 2 is 1.22 bits per heavy atom. The highest BCUT2D eigenvalue weighted by Crippen LogP contribution is 2.33. The van der Waals surface area contributed by atoms with Gasteiger partial charge in [0.1, 0.15) is 17.2 Å². The third-order valence-corrected chi connectivity index (χ3v) is 5.33. The van der Waals surface area contributed by atoms with Crippen LogP contribution in [-0.4, -0.2) is 72.3 Å². The van der Waals surface area contributed by atoms with Crippen molar-refractivity contribution < 1.29 is 82.4 Å². The molecule has 250 valence electrons. The highest BCUT2D eigenvalue weighted by atomic mass is 19.4. The number of carbonyl (C=O) groups is 3. The third kappa shape index (κ3) is 11.1. The first-order valence-corrected chi connectivity index (χ1v) is 11.4. The van der Waals surface area contributed by atoms with E-state index in [0.29, 0.717) is 19.0 Å². The lowest BCUT2D eigenvalue weighted by molar-refractivity contribution is -0.193. The lowest BCUT2D eigenvalue weighted by atomic mass is 9.86. The molecule has 5 N–H and O–H groups in total. The molecule has 0 aliphatic carbocycles. The molecule has 0 radical (unpaired) electrons. The first-order chi connectivity index (χ1) is 20.3. The number of aryl methyl sites for hydroxylation is 1. The van der Waals surface area contributed by atoms with Gasteiger partial charge in [-0.3, -0.25) is 4.98 Å². The Labute approximate surface area is 241 Å². The largest absolute Gasteiger partial charge is 0.490 e. The molecule has 0 amide bonds. The zero-order valence-corrected chi connectivity index (χ0v) is 21.9. The molecule has 0 bridgehead atoms. The standard InChI is InChI=1S/C17H15F3N4.3C2HF3O2/c1-8-2-16-15(6-22-8)23-17-4-10(14(21)7-24(16)17)9-3-12(19)13(20)5-11(9)18;3*3-2(4,5)1(6)7/h2-3,5-6,10,14H,4,7,21H2,1H3;3*(H,6,7)/t10-,14+;;;/m1.../s1. The van der Waals surface area contributed by atoms with E-state index < -0.39 is 65.8 Å². The van der Waals surface area contributed by atoms with E-state index in [2.05, 4.69) is 9.97 Å². The molecule has 0 saturated heterocycles. The first kappa shape index (κ1) is 38.4. The van der Waals surface area contributed by atoms with Crippen molar-refractivity contribution in [1.29, 1.82) is 0 Å². The van der Waals surface area contributed by atoms with Gasteiger partial charge in [-0.2, -0.15) is 39.5 Å². The van der Waals surface area contributed by atoms with E-state index in [1.165, 1.54) is 0 Å². The Bertz CT molecular complexity index is 1480. The molecule has 1 aromatic carbocycles. The van der Waals surface area contributed by atoms with Crippen molar-refractivity contribution in [2.45, 2.75) is 50.4 Å². The second-order valence-corrected chi connectivity index (χ2v) is 8.62. The monoisotopic (exact) mass is 674 g/mol. The van der Waals surface area contributed by atoms with Crippen LogP contribution in [0.5, 0.6) is 0 Å². The number of fused-ring (bicyclic) bond motifs is 3. The molecule has 0 fully saturated rings. The van der Waals surface area contributed by atoms with Crippen LogP contribution in [0.15, 0.2) is 24.4 Å². The Kier molecular flexibility index (Phi) is 12.3. The Morgan fingerprint density at radius 1 is 0.800 bits per heavy atom. The van der Waals surface area contributed by atoms with Gasteiger partial charge >= 0.3 is 36.4 Å². The molecule has 0 unspecified atom stereocenters. The van der Waals surface area contributed by atoms with Gasteiger partial charge in [0.25, 0.3) is 0 Å². The summed E-state index contributed by atoms with van der Waals surface area (Å²) in [7, 11) is 0. The second kappa shape index (κ2) is 14.4. The summed E-state index contributed by atoms with van der Waals surface area (Å²) < 4.78 is 138. The van der Waals surface area contributed by atoms with Gasteiger partial charge in [0.15, 0.2) is 11.6 Å². The van der Waals surface area contributed by atoms with Gasteiger partial charge in [-0.15, -0.1) is 0 Å². The number of aromatic nitrogens is 3. The number of imidazole rings is 1. The molecule has 0 saturated carbocycles. The van der Waals surface area contributed by atoms with Crippen molar-refractivity contribution in [3.05, 3.63) is 58.9 Å². The SMILES string of the molecule is Cc1cc2c(cn1)nc1n2C[C@H](N)[C@@H](c2cc(F)c(F)cc2F)C1.O=C(O)C(F)(F)F.O=C(O)C(F)(F)F.O=C(O)C(F)(F)F. The molecule has 3 aromatic rings. The minimum absolute atomic E-state index is 0.0917. The normalized spacial score (nSPS) is 16.1. The van der Waals surface area contributed by atoms with Gasteiger partial charge < -0.3 is 25.6 Å². The summed E-state index contributed by atoms with van der Waals surface area (Å²) in [6.45, 7) is 2.32. The summed E-state index contributed by atoms with van der Waals surface area (Å²) in [5, 5.41) is 21.4. The average molecular weight is 674 g/mol. The topological polar surface area (TPSA) is 169 Å². The van der Waals surface area contributed by atoms with Gasteiger partial charge in [-0.25, -0.2) is 32.5 Å². The van der Waals surface area contributed by atoms with Crippen LogP contribution in [-0.2, 0) is 27.3 Å². The van der Waals surface area contributed by atoms with Crippen molar-refractivity contribution in [3.8, 4) is 0 Å². The van der Waals surface area contributed by atoms with Crippen LogP contribution in [0.2, 0.25) is 0 Å². The van der Waals surface area contributed by atoms with Crippen molar-refractivity contribution in [2.75, 3.05) is 0 Å². The summed E-state index contributed by atoms with van der Waals surface area (Å²) in [5.41, 5.74) is 8.86. The molecular weight excluding hydrogens is 656 g/mol. The predicted octanol–water partition coefficient (Wildman–Crippen LogP) is 4.72. The van der Waals surface area contributed by atoms with Gasteiger partial charge in [-0.05, 0) is 24.6 Å². The van der Waals surface area contributed by atoms with Gasteiger partial charge in [0.2, 0.25) is 0 Å². The van der Waals surface area contributed by atoms with Crippen molar-refractivity contribution >= 4 is 28.9 Å². The minimum Gasteiger partial charge on any atom is -0.475 e. The number of benzene rings is 1. The summed E-state index contributed by atoms with van der Waals surface area (Å²) in [6, 6.07) is 2.97. The highest BCUT2D eigenvalue weighted by molar-refractivity contribution is 5.76. The number of hydrogen-bond donors (Lipinski definition) is 4. The third-order valence-electron chi connectivity index (χ3n) is 5.33. The molecular formula is C23H18F12N4O6. The van der Waals surface area contributed by atoms with Crippen LogP contribution in [0.25, 0.3) is 11.0 Å². The number of hydrogen-bond acceptors (Lipinski definition) is 6. The second-order valence-electron chi connectivity index (χ2n) is 8.62. The van der Waals surface area contributed by atoms with Gasteiger partial charge in [0, 0.05) is 36.7 Å². The van der Waals surface area contributed by atoms with Crippen molar-refractivity contribution in [3.63, 3.8) is 0 Å². The molecule has 2 aromatic heterocycles. The predicted molar refractivity (Wildman–Crippen MR) is 124 cm³/mol. The number of rotatable bonds is 1. The number of carboxylic acid groups (broad SMARTS) is 3. The van der Waals surface area contributed by atoms with E-state index in [9.17, 15) is 52.7 Å². The summed E-state index contributed by atoms with van der Waals surface area (Å²) in [5.74, 6) is -11.0. The zero-order valence-electron chi connectivity index (χ0n) is 21.9. The van der Waals surface area contributed by atoms with E-state index in [1.807, 2.05) is 17.6 Å². The fourth-order valence-corrected chi connectivity index (χ4v) is 3.39. The maximum Gasteiger partial charge on any atom is 0.490 e. The Morgan fingerprint density at radius 3 is 1.64 bits per heavy atom. The molecule has 1 aliphatic rings. The summed E-state index contributed by atoms with van der Waals surface area (Å²) in [4.78, 5) is 35.4. The van der Waals surface area contributed by atoms with Crippen LogP contribution in [0.1, 0.15) is 23.0 Å². The lowest BCUT2D eigenvalue weighted by Crippen LogP contribution is -2.39.